The van der Waals surface area contributed by atoms with E-state index in [4.69, 9.17) is 9.47 Å². The van der Waals surface area contributed by atoms with Crippen molar-refractivity contribution in [2.75, 3.05) is 37.4 Å². The molecule has 0 aliphatic carbocycles. The molecule has 1 aliphatic rings. The minimum atomic E-state index is -0.377. The quantitative estimate of drug-likeness (QED) is 0.654. The lowest BCUT2D eigenvalue weighted by atomic mass is 10.1. The number of anilines is 2. The number of carbonyl (C=O) groups is 3. The first-order valence-corrected chi connectivity index (χ1v) is 10.8. The Balaban J connectivity index is 1.68. The Morgan fingerprint density at radius 2 is 1.72 bits per heavy atom. The van der Waals surface area contributed by atoms with Gasteiger partial charge in [0.05, 0.1) is 18.5 Å². The number of amides is 3. The van der Waals surface area contributed by atoms with Gasteiger partial charge < -0.3 is 25.0 Å². The lowest BCUT2D eigenvalue weighted by molar-refractivity contribution is -0.134. The summed E-state index contributed by atoms with van der Waals surface area (Å²) in [5.74, 6) is 0.390. The lowest BCUT2D eigenvalue weighted by Gasteiger charge is -2.26. The third kappa shape index (κ3) is 6.23. The van der Waals surface area contributed by atoms with Gasteiger partial charge in [0.1, 0.15) is 11.5 Å². The smallest absolute Gasteiger partial charge is 0.260 e. The van der Waals surface area contributed by atoms with Crippen LogP contribution in [0.2, 0.25) is 0 Å². The molecule has 1 aliphatic heterocycles. The Bertz CT molecular complexity index is 970. The predicted molar refractivity (Wildman–Crippen MR) is 122 cm³/mol. The van der Waals surface area contributed by atoms with Crippen LogP contribution in [-0.2, 0) is 9.59 Å². The summed E-state index contributed by atoms with van der Waals surface area (Å²) in [5.41, 5.74) is 1.26. The van der Waals surface area contributed by atoms with Crippen molar-refractivity contribution in [1.82, 2.24) is 4.90 Å². The highest BCUT2D eigenvalue weighted by Gasteiger charge is 2.17. The van der Waals surface area contributed by atoms with Gasteiger partial charge >= 0.3 is 0 Å². The van der Waals surface area contributed by atoms with Crippen LogP contribution in [0, 0.1) is 0 Å². The molecule has 1 fully saturated rings. The molecule has 0 unspecified atom stereocenters. The first kappa shape index (κ1) is 23.1. The highest BCUT2D eigenvalue weighted by molar-refractivity contribution is 6.07. The second-order valence-corrected chi connectivity index (χ2v) is 7.53. The fourth-order valence-electron chi connectivity index (χ4n) is 3.40. The number of ether oxygens (including phenoxy) is 2. The number of methoxy groups -OCH3 is 1. The van der Waals surface area contributed by atoms with Gasteiger partial charge in [-0.1, -0.05) is 13.0 Å². The first-order chi connectivity index (χ1) is 15.5. The molecule has 32 heavy (non-hydrogen) atoms. The van der Waals surface area contributed by atoms with Gasteiger partial charge in [0.25, 0.3) is 11.8 Å². The zero-order chi connectivity index (χ0) is 22.9. The van der Waals surface area contributed by atoms with Crippen molar-refractivity contribution in [1.29, 1.82) is 0 Å². The van der Waals surface area contributed by atoms with E-state index in [0.717, 1.165) is 32.4 Å². The molecule has 1 heterocycles. The number of hydrogen-bond donors (Lipinski definition) is 2. The first-order valence-electron chi connectivity index (χ1n) is 10.8. The predicted octanol–water partition coefficient (Wildman–Crippen LogP) is 3.69. The average molecular weight is 440 g/mol. The summed E-state index contributed by atoms with van der Waals surface area (Å²) >= 11 is 0. The van der Waals surface area contributed by atoms with Crippen LogP contribution in [0.25, 0.3) is 0 Å². The van der Waals surface area contributed by atoms with E-state index in [1.54, 1.807) is 49.4 Å². The second-order valence-electron chi connectivity index (χ2n) is 7.53. The van der Waals surface area contributed by atoms with E-state index in [1.165, 1.54) is 7.11 Å². The van der Waals surface area contributed by atoms with Gasteiger partial charge in [-0.05, 0) is 49.6 Å². The van der Waals surface area contributed by atoms with Gasteiger partial charge in [0, 0.05) is 31.1 Å². The molecule has 2 N–H and O–H groups in total. The van der Waals surface area contributed by atoms with E-state index < -0.39 is 0 Å². The molecule has 8 heteroatoms. The molecule has 0 radical (unpaired) electrons. The third-order valence-electron chi connectivity index (χ3n) is 5.24. The fourth-order valence-corrected chi connectivity index (χ4v) is 3.40. The van der Waals surface area contributed by atoms with Gasteiger partial charge in [-0.3, -0.25) is 14.4 Å². The SMILES string of the molecule is CCC(=O)Nc1ccc(OC)cc1NC(=O)c1cccc(OCC(=O)N2CCCCC2)c1. The highest BCUT2D eigenvalue weighted by Crippen LogP contribution is 2.28. The summed E-state index contributed by atoms with van der Waals surface area (Å²) in [6.07, 6.45) is 3.51. The number of nitrogens with zero attached hydrogens (tertiary/aromatic N) is 1. The monoisotopic (exact) mass is 439 g/mol. The molecule has 0 atom stereocenters. The molecule has 2 aromatic carbocycles. The zero-order valence-electron chi connectivity index (χ0n) is 18.5. The molecular formula is C24H29N3O5. The molecule has 8 nitrogen and oxygen atoms in total. The van der Waals surface area contributed by atoms with Crippen LogP contribution in [0.3, 0.4) is 0 Å². The molecule has 0 spiro atoms. The minimum Gasteiger partial charge on any atom is -0.497 e. The number of hydrogen-bond acceptors (Lipinski definition) is 5. The maximum Gasteiger partial charge on any atom is 0.260 e. The molecule has 0 bridgehead atoms. The molecule has 3 rings (SSSR count). The van der Waals surface area contributed by atoms with E-state index in [9.17, 15) is 14.4 Å². The van der Waals surface area contributed by atoms with Gasteiger partial charge in [0.2, 0.25) is 5.91 Å². The third-order valence-corrected chi connectivity index (χ3v) is 5.24. The van der Waals surface area contributed by atoms with Gasteiger partial charge in [-0.15, -0.1) is 0 Å². The number of likely N-dealkylation sites (tertiary alicyclic amines) is 1. The second kappa shape index (κ2) is 11.2. The standard InChI is InChI=1S/C24H29N3O5/c1-3-22(28)25-20-11-10-18(31-2)15-21(20)26-24(30)17-8-7-9-19(14-17)32-16-23(29)27-12-5-4-6-13-27/h7-11,14-15H,3-6,12-13,16H2,1-2H3,(H,25,28)(H,26,30). The summed E-state index contributed by atoms with van der Waals surface area (Å²) < 4.78 is 10.9. The van der Waals surface area contributed by atoms with Crippen LogP contribution in [0.5, 0.6) is 11.5 Å². The van der Waals surface area contributed by atoms with Crippen molar-refractivity contribution in [3.05, 3.63) is 48.0 Å². The number of benzene rings is 2. The van der Waals surface area contributed by atoms with Crippen molar-refractivity contribution in [3.63, 3.8) is 0 Å². The zero-order valence-corrected chi connectivity index (χ0v) is 18.5. The van der Waals surface area contributed by atoms with Crippen LogP contribution < -0.4 is 20.1 Å². The maximum atomic E-state index is 12.9. The Labute approximate surface area is 187 Å². The number of piperidine rings is 1. The van der Waals surface area contributed by atoms with Crippen molar-refractivity contribution >= 4 is 29.1 Å². The molecule has 1 saturated heterocycles. The summed E-state index contributed by atoms with van der Waals surface area (Å²) in [6, 6.07) is 11.7. The summed E-state index contributed by atoms with van der Waals surface area (Å²) in [6.45, 7) is 3.22. The maximum absolute atomic E-state index is 12.9. The van der Waals surface area contributed by atoms with E-state index in [1.807, 2.05) is 4.90 Å². The van der Waals surface area contributed by atoms with Gasteiger partial charge in [-0.25, -0.2) is 0 Å². The summed E-state index contributed by atoms with van der Waals surface area (Å²) in [5, 5.41) is 5.58. The Kier molecular flexibility index (Phi) is 8.08. The topological polar surface area (TPSA) is 97.0 Å². The average Bonchev–Trinajstić information content (AvgIpc) is 2.84. The van der Waals surface area contributed by atoms with Gasteiger partial charge in [-0.2, -0.15) is 0 Å². The molecule has 170 valence electrons. The Morgan fingerprint density at radius 1 is 0.938 bits per heavy atom. The minimum absolute atomic E-state index is 0.0488. The molecule has 0 saturated carbocycles. The van der Waals surface area contributed by atoms with E-state index >= 15 is 0 Å². The van der Waals surface area contributed by atoms with E-state index in [0.29, 0.717) is 34.9 Å². The van der Waals surface area contributed by atoms with Crippen LogP contribution in [-0.4, -0.2) is 49.4 Å². The van der Waals surface area contributed by atoms with Crippen molar-refractivity contribution in [3.8, 4) is 11.5 Å². The van der Waals surface area contributed by atoms with Crippen LogP contribution in [0.4, 0.5) is 11.4 Å². The molecule has 2 aromatic rings. The number of carbonyl (C=O) groups excluding carboxylic acids is 3. The van der Waals surface area contributed by atoms with Crippen molar-refractivity contribution < 1.29 is 23.9 Å². The van der Waals surface area contributed by atoms with Crippen molar-refractivity contribution in [2.45, 2.75) is 32.6 Å². The fraction of sp³-hybridized carbons (Fsp3) is 0.375. The molecule has 0 aromatic heterocycles. The van der Waals surface area contributed by atoms with Crippen LogP contribution in [0.1, 0.15) is 43.0 Å². The largest absolute Gasteiger partial charge is 0.497 e. The Morgan fingerprint density at radius 3 is 2.44 bits per heavy atom. The normalized spacial score (nSPS) is 13.2. The number of nitrogens with one attached hydrogen (secondary N) is 2. The van der Waals surface area contributed by atoms with E-state index in [2.05, 4.69) is 10.6 Å². The molecule has 3 amide bonds. The summed E-state index contributed by atoms with van der Waals surface area (Å²) in [4.78, 5) is 38.8. The number of rotatable bonds is 8. The van der Waals surface area contributed by atoms with Crippen molar-refractivity contribution in [2.24, 2.45) is 0 Å². The van der Waals surface area contributed by atoms with Gasteiger partial charge in [0.15, 0.2) is 6.61 Å². The van der Waals surface area contributed by atoms with E-state index in [-0.39, 0.29) is 24.3 Å². The summed E-state index contributed by atoms with van der Waals surface area (Å²) in [7, 11) is 1.53. The molecular weight excluding hydrogens is 410 g/mol. The highest BCUT2D eigenvalue weighted by atomic mass is 16.5. The lowest BCUT2D eigenvalue weighted by Crippen LogP contribution is -2.38. The Hall–Kier alpha value is -3.55. The van der Waals surface area contributed by atoms with Crippen LogP contribution >= 0.6 is 0 Å². The van der Waals surface area contributed by atoms with Crippen LogP contribution in [0.15, 0.2) is 42.5 Å².